The van der Waals surface area contributed by atoms with Gasteiger partial charge < -0.3 is 14.1 Å². The van der Waals surface area contributed by atoms with Gasteiger partial charge in [-0.05, 0) is 29.6 Å². The molecule has 0 fully saturated rings. The molecule has 0 radical (unpaired) electrons. The molecule has 0 bridgehead atoms. The van der Waals surface area contributed by atoms with Crippen LogP contribution in [0.25, 0.3) is 0 Å². The molecule has 2 heterocycles. The number of para-hydroxylation sites is 1. The zero-order valence-corrected chi connectivity index (χ0v) is 16.5. The molecule has 0 spiro atoms. The monoisotopic (exact) mass is 405 g/mol. The van der Waals surface area contributed by atoms with Crippen LogP contribution in [0.4, 0.5) is 0 Å². The lowest BCUT2D eigenvalue weighted by molar-refractivity contribution is 0.0692. The highest BCUT2D eigenvalue weighted by Crippen LogP contribution is 2.24. The van der Waals surface area contributed by atoms with Gasteiger partial charge in [-0.25, -0.2) is 8.42 Å². The molecule has 1 amide bonds. The molecular weight excluding hydrogens is 386 g/mol. The molecule has 0 unspecified atom stereocenters. The second-order valence-electron chi connectivity index (χ2n) is 5.94. The number of carbonyl (C=O) groups excluding carboxylic acids is 1. The number of sulfone groups is 1. The van der Waals surface area contributed by atoms with Gasteiger partial charge >= 0.3 is 0 Å². The van der Waals surface area contributed by atoms with Crippen molar-refractivity contribution in [1.82, 2.24) is 4.90 Å². The molecular formula is C19H19NO5S2. The van der Waals surface area contributed by atoms with E-state index in [2.05, 4.69) is 0 Å². The van der Waals surface area contributed by atoms with Crippen LogP contribution < -0.4 is 4.74 Å². The summed E-state index contributed by atoms with van der Waals surface area (Å²) in [6, 6.07) is 14.0. The number of amides is 1. The minimum atomic E-state index is -3.52. The lowest BCUT2D eigenvalue weighted by atomic mass is 10.1. The normalized spacial score (nSPS) is 11.3. The van der Waals surface area contributed by atoms with Crippen molar-refractivity contribution in [2.75, 3.05) is 13.4 Å². The summed E-state index contributed by atoms with van der Waals surface area (Å²) in [6.45, 7) is 0.680. The molecule has 0 atom stereocenters. The van der Waals surface area contributed by atoms with Crippen molar-refractivity contribution in [3.8, 4) is 5.75 Å². The first-order valence-electron chi connectivity index (χ1n) is 8.12. The lowest BCUT2D eigenvalue weighted by Gasteiger charge is -2.22. The standard InChI is InChI=1S/C19H19NO5S2/c1-24-16-8-4-3-6-14(16)12-20(13-15-7-5-11-26-15)19(21)17-9-10-18(25-17)27(2,22)23/h3-11H,12-13H2,1-2H3. The number of hydrogen-bond acceptors (Lipinski definition) is 6. The van der Waals surface area contributed by atoms with Gasteiger partial charge in [0.05, 0.1) is 20.2 Å². The van der Waals surface area contributed by atoms with E-state index >= 15 is 0 Å². The van der Waals surface area contributed by atoms with E-state index in [1.807, 2.05) is 41.8 Å². The zero-order chi connectivity index (χ0) is 19.4. The van der Waals surface area contributed by atoms with Gasteiger partial charge in [0.15, 0.2) is 5.76 Å². The zero-order valence-electron chi connectivity index (χ0n) is 14.9. The van der Waals surface area contributed by atoms with Crippen molar-refractivity contribution in [3.05, 3.63) is 70.1 Å². The number of methoxy groups -OCH3 is 1. The molecule has 1 aromatic carbocycles. The quantitative estimate of drug-likeness (QED) is 0.600. The van der Waals surface area contributed by atoms with Crippen LogP contribution in [0.15, 0.2) is 63.4 Å². The minimum Gasteiger partial charge on any atom is -0.496 e. The van der Waals surface area contributed by atoms with E-state index in [1.54, 1.807) is 23.3 Å². The maximum atomic E-state index is 13.0. The second kappa shape index (κ2) is 7.98. The van der Waals surface area contributed by atoms with Crippen LogP contribution >= 0.6 is 11.3 Å². The third-order valence-electron chi connectivity index (χ3n) is 3.93. The Kier molecular flexibility index (Phi) is 5.67. The fraction of sp³-hybridized carbons (Fsp3) is 0.211. The largest absolute Gasteiger partial charge is 0.496 e. The molecule has 142 valence electrons. The summed E-state index contributed by atoms with van der Waals surface area (Å²) >= 11 is 1.54. The number of thiophene rings is 1. The SMILES string of the molecule is COc1ccccc1CN(Cc1cccs1)C(=O)c1ccc(S(C)(=O)=O)o1. The van der Waals surface area contributed by atoms with E-state index in [1.165, 1.54) is 12.1 Å². The fourth-order valence-corrected chi connectivity index (χ4v) is 3.90. The molecule has 3 rings (SSSR count). The highest BCUT2D eigenvalue weighted by atomic mass is 32.2. The molecule has 8 heteroatoms. The van der Waals surface area contributed by atoms with Crippen molar-refractivity contribution in [2.24, 2.45) is 0 Å². The lowest BCUT2D eigenvalue weighted by Crippen LogP contribution is -2.29. The van der Waals surface area contributed by atoms with Crippen LogP contribution in [-0.4, -0.2) is 32.6 Å². The number of nitrogens with zero attached hydrogens (tertiary/aromatic N) is 1. The summed E-state index contributed by atoms with van der Waals surface area (Å²) in [5.74, 6) is 0.281. The predicted molar refractivity (Wildman–Crippen MR) is 103 cm³/mol. The Hall–Kier alpha value is -2.58. The third kappa shape index (κ3) is 4.58. The highest BCUT2D eigenvalue weighted by molar-refractivity contribution is 7.90. The molecule has 0 aliphatic rings. The summed E-state index contributed by atoms with van der Waals surface area (Å²) < 4.78 is 33.9. The van der Waals surface area contributed by atoms with Gasteiger partial charge in [-0.15, -0.1) is 11.3 Å². The number of rotatable bonds is 7. The van der Waals surface area contributed by atoms with Crippen LogP contribution in [0.5, 0.6) is 5.75 Å². The summed E-state index contributed by atoms with van der Waals surface area (Å²) in [5, 5.41) is 1.72. The average molecular weight is 405 g/mol. The number of benzene rings is 1. The van der Waals surface area contributed by atoms with Crippen molar-refractivity contribution < 1.29 is 22.4 Å². The Balaban J connectivity index is 1.91. The van der Waals surface area contributed by atoms with E-state index < -0.39 is 9.84 Å². The first-order chi connectivity index (χ1) is 12.9. The average Bonchev–Trinajstić information content (AvgIpc) is 3.32. The van der Waals surface area contributed by atoms with Gasteiger partial charge in [-0.2, -0.15) is 0 Å². The number of hydrogen-bond donors (Lipinski definition) is 0. The first-order valence-corrected chi connectivity index (χ1v) is 10.9. The van der Waals surface area contributed by atoms with Gasteiger partial charge in [-0.3, -0.25) is 4.79 Å². The van der Waals surface area contributed by atoms with E-state index in [0.29, 0.717) is 18.8 Å². The van der Waals surface area contributed by atoms with Crippen LogP contribution in [-0.2, 0) is 22.9 Å². The van der Waals surface area contributed by atoms with Crippen molar-refractivity contribution in [1.29, 1.82) is 0 Å². The Morgan fingerprint density at radius 1 is 1.11 bits per heavy atom. The maximum absolute atomic E-state index is 13.0. The van der Waals surface area contributed by atoms with Crippen LogP contribution in [0.3, 0.4) is 0 Å². The molecule has 3 aromatic rings. The fourth-order valence-electron chi connectivity index (χ4n) is 2.62. The van der Waals surface area contributed by atoms with Crippen LogP contribution in [0.1, 0.15) is 21.0 Å². The van der Waals surface area contributed by atoms with Gasteiger partial charge in [-0.1, -0.05) is 24.3 Å². The molecule has 6 nitrogen and oxygen atoms in total. The summed E-state index contributed by atoms with van der Waals surface area (Å²) in [6.07, 6.45) is 1.04. The van der Waals surface area contributed by atoms with Crippen molar-refractivity contribution in [2.45, 2.75) is 18.2 Å². The van der Waals surface area contributed by atoms with Gasteiger partial charge in [0.25, 0.3) is 5.91 Å². The second-order valence-corrected chi connectivity index (χ2v) is 8.92. The molecule has 0 N–H and O–H groups in total. The van der Waals surface area contributed by atoms with E-state index in [-0.39, 0.29) is 16.8 Å². The number of carbonyl (C=O) groups is 1. The number of furan rings is 1. The van der Waals surface area contributed by atoms with E-state index in [9.17, 15) is 13.2 Å². The Morgan fingerprint density at radius 2 is 1.89 bits per heavy atom. The Morgan fingerprint density at radius 3 is 2.52 bits per heavy atom. The summed E-state index contributed by atoms with van der Waals surface area (Å²) in [4.78, 5) is 15.6. The van der Waals surface area contributed by atoms with Crippen molar-refractivity contribution >= 4 is 27.1 Å². The molecule has 27 heavy (non-hydrogen) atoms. The predicted octanol–water partition coefficient (Wildman–Crippen LogP) is 3.60. The number of ether oxygens (including phenoxy) is 1. The first kappa shape index (κ1) is 19.2. The summed E-state index contributed by atoms with van der Waals surface area (Å²) in [7, 11) is -1.94. The smallest absolute Gasteiger partial charge is 0.290 e. The highest BCUT2D eigenvalue weighted by Gasteiger charge is 2.23. The topological polar surface area (TPSA) is 76.8 Å². The van der Waals surface area contributed by atoms with Gasteiger partial charge in [0.2, 0.25) is 14.9 Å². The Labute approximate surface area is 161 Å². The van der Waals surface area contributed by atoms with E-state index in [4.69, 9.17) is 9.15 Å². The van der Waals surface area contributed by atoms with Crippen molar-refractivity contribution in [3.63, 3.8) is 0 Å². The summed E-state index contributed by atoms with van der Waals surface area (Å²) in [5.41, 5.74) is 0.847. The van der Waals surface area contributed by atoms with Crippen LogP contribution in [0.2, 0.25) is 0 Å². The Bertz CT molecular complexity index is 1020. The van der Waals surface area contributed by atoms with Gasteiger partial charge in [0, 0.05) is 16.7 Å². The minimum absolute atomic E-state index is 0.0121. The van der Waals surface area contributed by atoms with E-state index in [0.717, 1.165) is 16.7 Å². The molecule has 2 aromatic heterocycles. The molecule has 0 saturated carbocycles. The third-order valence-corrected chi connectivity index (χ3v) is 5.74. The van der Waals surface area contributed by atoms with Crippen LogP contribution in [0, 0.1) is 0 Å². The maximum Gasteiger partial charge on any atom is 0.290 e. The molecule has 0 aliphatic heterocycles. The van der Waals surface area contributed by atoms with Gasteiger partial charge in [0.1, 0.15) is 5.75 Å². The molecule has 0 saturated heterocycles. The molecule has 0 aliphatic carbocycles.